The van der Waals surface area contributed by atoms with E-state index < -0.39 is 5.54 Å². The molecule has 17 heavy (non-hydrogen) atoms. The Labute approximate surface area is 104 Å². The van der Waals surface area contributed by atoms with Crippen molar-refractivity contribution in [3.63, 3.8) is 0 Å². The molecular weight excluding hydrogens is 212 g/mol. The zero-order chi connectivity index (χ0) is 12.9. The number of nitrogens with one attached hydrogen (secondary N) is 1. The normalized spacial score (nSPS) is 14.6. The topological polar surface area (TPSA) is 53.6 Å². The zero-order valence-electron chi connectivity index (χ0n) is 11.2. The number of hydrogen-bond acceptors (Lipinski definition) is 3. The Bertz CT molecular complexity index is 388. The van der Waals surface area contributed by atoms with E-state index in [1.807, 2.05) is 26.2 Å². The van der Waals surface area contributed by atoms with E-state index in [1.54, 1.807) is 0 Å². The van der Waals surface area contributed by atoms with Gasteiger partial charge in [0.15, 0.2) is 0 Å². The fourth-order valence-corrected chi connectivity index (χ4v) is 2.04. The number of hydrogen-bond donors (Lipinski definition) is 1. The van der Waals surface area contributed by atoms with Gasteiger partial charge in [-0.3, -0.25) is 5.32 Å². The summed E-state index contributed by atoms with van der Waals surface area (Å²) >= 11 is 0. The van der Waals surface area contributed by atoms with E-state index in [0.717, 1.165) is 25.2 Å². The molecule has 4 nitrogen and oxygen atoms in total. The van der Waals surface area contributed by atoms with Crippen molar-refractivity contribution in [1.82, 2.24) is 14.9 Å². The molecule has 1 aromatic heterocycles. The molecule has 0 fully saturated rings. The van der Waals surface area contributed by atoms with Crippen molar-refractivity contribution in [1.29, 1.82) is 5.26 Å². The van der Waals surface area contributed by atoms with E-state index in [2.05, 4.69) is 34.8 Å². The van der Waals surface area contributed by atoms with Crippen LogP contribution in [0.2, 0.25) is 0 Å². The molecule has 0 amide bonds. The Morgan fingerprint density at radius 1 is 1.59 bits per heavy atom. The van der Waals surface area contributed by atoms with Crippen molar-refractivity contribution in [3.8, 4) is 6.07 Å². The molecule has 94 valence electrons. The summed E-state index contributed by atoms with van der Waals surface area (Å²) in [5.41, 5.74) is -0.428. The van der Waals surface area contributed by atoms with E-state index in [1.165, 1.54) is 0 Å². The summed E-state index contributed by atoms with van der Waals surface area (Å²) in [6.07, 6.45) is 5.61. The van der Waals surface area contributed by atoms with Crippen LogP contribution in [0.25, 0.3) is 0 Å². The first-order valence-corrected chi connectivity index (χ1v) is 6.13. The van der Waals surface area contributed by atoms with Crippen LogP contribution < -0.4 is 5.32 Å². The highest BCUT2D eigenvalue weighted by Gasteiger charge is 2.23. The van der Waals surface area contributed by atoms with Crippen molar-refractivity contribution < 1.29 is 0 Å². The molecule has 0 aromatic carbocycles. The first-order valence-electron chi connectivity index (χ1n) is 6.13. The Morgan fingerprint density at radius 2 is 2.29 bits per heavy atom. The molecule has 1 N–H and O–H groups in total. The first kappa shape index (κ1) is 13.7. The summed E-state index contributed by atoms with van der Waals surface area (Å²) in [6.45, 7) is 9.01. The van der Waals surface area contributed by atoms with Gasteiger partial charge in [0.1, 0.15) is 11.4 Å². The van der Waals surface area contributed by atoms with Gasteiger partial charge in [-0.25, -0.2) is 4.98 Å². The van der Waals surface area contributed by atoms with E-state index in [9.17, 15) is 5.26 Å². The van der Waals surface area contributed by atoms with Crippen LogP contribution >= 0.6 is 0 Å². The minimum atomic E-state index is -0.428. The Hall–Kier alpha value is -1.34. The SMILES string of the molecule is Cc1nccn1CCCC(C)(C#N)NC(C)C. The zero-order valence-corrected chi connectivity index (χ0v) is 11.2. The fraction of sp³-hybridized carbons (Fsp3) is 0.692. The summed E-state index contributed by atoms with van der Waals surface area (Å²) in [4.78, 5) is 4.18. The molecule has 0 aliphatic rings. The third kappa shape index (κ3) is 4.20. The van der Waals surface area contributed by atoms with Crippen LogP contribution in [0.3, 0.4) is 0 Å². The van der Waals surface area contributed by atoms with Gasteiger partial charge in [0.05, 0.1) is 6.07 Å². The molecule has 4 heteroatoms. The van der Waals surface area contributed by atoms with Gasteiger partial charge in [-0.15, -0.1) is 0 Å². The highest BCUT2D eigenvalue weighted by atomic mass is 15.1. The molecule has 0 aliphatic carbocycles. The number of imidazole rings is 1. The number of aromatic nitrogens is 2. The minimum Gasteiger partial charge on any atom is -0.335 e. The first-order chi connectivity index (χ1) is 7.97. The van der Waals surface area contributed by atoms with E-state index >= 15 is 0 Å². The highest BCUT2D eigenvalue weighted by Crippen LogP contribution is 2.13. The number of nitriles is 1. The average molecular weight is 234 g/mol. The van der Waals surface area contributed by atoms with E-state index in [-0.39, 0.29) is 0 Å². The average Bonchev–Trinajstić information content (AvgIpc) is 2.63. The van der Waals surface area contributed by atoms with Crippen LogP contribution in [-0.4, -0.2) is 21.1 Å². The second kappa shape index (κ2) is 5.83. The molecule has 0 spiro atoms. The van der Waals surface area contributed by atoms with Crippen LogP contribution in [0.4, 0.5) is 0 Å². The summed E-state index contributed by atoms with van der Waals surface area (Å²) in [6, 6.07) is 2.70. The Morgan fingerprint density at radius 3 is 2.76 bits per heavy atom. The van der Waals surface area contributed by atoms with Crippen molar-refractivity contribution in [3.05, 3.63) is 18.2 Å². The lowest BCUT2D eigenvalue weighted by Gasteiger charge is -2.25. The van der Waals surface area contributed by atoms with Crippen molar-refractivity contribution >= 4 is 0 Å². The molecule has 1 unspecified atom stereocenters. The lowest BCUT2D eigenvalue weighted by molar-refractivity contribution is 0.364. The maximum atomic E-state index is 9.21. The molecule has 1 heterocycles. The smallest absolute Gasteiger partial charge is 0.105 e. The third-order valence-corrected chi connectivity index (χ3v) is 2.85. The third-order valence-electron chi connectivity index (χ3n) is 2.85. The van der Waals surface area contributed by atoms with Crippen LogP contribution in [0.15, 0.2) is 12.4 Å². The van der Waals surface area contributed by atoms with Gasteiger partial charge in [-0.2, -0.15) is 5.26 Å². The molecule has 0 radical (unpaired) electrons. The van der Waals surface area contributed by atoms with Gasteiger partial charge >= 0.3 is 0 Å². The molecule has 0 saturated heterocycles. The Balaban J connectivity index is 2.44. The maximum absolute atomic E-state index is 9.21. The maximum Gasteiger partial charge on any atom is 0.105 e. The monoisotopic (exact) mass is 234 g/mol. The van der Waals surface area contributed by atoms with Gasteiger partial charge in [-0.05, 0) is 40.5 Å². The van der Waals surface area contributed by atoms with Gasteiger partial charge in [0.2, 0.25) is 0 Å². The highest BCUT2D eigenvalue weighted by molar-refractivity contribution is 5.04. The molecule has 1 atom stereocenters. The van der Waals surface area contributed by atoms with Crippen molar-refractivity contribution in [2.75, 3.05) is 0 Å². The van der Waals surface area contributed by atoms with Crippen LogP contribution in [-0.2, 0) is 6.54 Å². The quantitative estimate of drug-likeness (QED) is 0.821. The fourth-order valence-electron chi connectivity index (χ4n) is 2.04. The van der Waals surface area contributed by atoms with Crippen LogP contribution in [0, 0.1) is 18.3 Å². The molecule has 0 saturated carbocycles. The van der Waals surface area contributed by atoms with Gasteiger partial charge < -0.3 is 4.57 Å². The summed E-state index contributed by atoms with van der Waals surface area (Å²) in [5.74, 6) is 1.03. The predicted molar refractivity (Wildman–Crippen MR) is 68.5 cm³/mol. The van der Waals surface area contributed by atoms with Crippen LogP contribution in [0.1, 0.15) is 39.4 Å². The summed E-state index contributed by atoms with van der Waals surface area (Å²) in [7, 11) is 0. The molecular formula is C13H22N4. The second-order valence-corrected chi connectivity index (χ2v) is 5.01. The van der Waals surface area contributed by atoms with Gasteiger partial charge in [-0.1, -0.05) is 0 Å². The standard InChI is InChI=1S/C13H22N4/c1-11(2)16-13(4,10-14)6-5-8-17-9-7-15-12(17)3/h7,9,11,16H,5-6,8H2,1-4H3. The largest absolute Gasteiger partial charge is 0.335 e. The minimum absolute atomic E-state index is 0.328. The predicted octanol–water partition coefficient (Wildman–Crippen LogP) is 2.25. The second-order valence-electron chi connectivity index (χ2n) is 5.01. The van der Waals surface area contributed by atoms with Crippen molar-refractivity contribution in [2.45, 2.75) is 58.7 Å². The molecule has 1 aromatic rings. The molecule has 1 rings (SSSR count). The summed E-state index contributed by atoms with van der Waals surface area (Å²) < 4.78 is 2.12. The Kier molecular flexibility index (Phi) is 4.71. The lowest BCUT2D eigenvalue weighted by Crippen LogP contribution is -2.45. The molecule has 0 bridgehead atoms. The van der Waals surface area contributed by atoms with E-state index in [4.69, 9.17) is 0 Å². The van der Waals surface area contributed by atoms with Gasteiger partial charge in [0.25, 0.3) is 0 Å². The molecule has 0 aliphatic heterocycles. The van der Waals surface area contributed by atoms with Crippen LogP contribution in [0.5, 0.6) is 0 Å². The number of nitrogens with zero attached hydrogens (tertiary/aromatic N) is 3. The van der Waals surface area contributed by atoms with Gasteiger partial charge in [0, 0.05) is 25.0 Å². The van der Waals surface area contributed by atoms with Crippen molar-refractivity contribution in [2.24, 2.45) is 0 Å². The number of rotatable bonds is 6. The van der Waals surface area contributed by atoms with E-state index in [0.29, 0.717) is 6.04 Å². The summed E-state index contributed by atoms with van der Waals surface area (Å²) in [5, 5.41) is 12.5. The number of aryl methyl sites for hydroxylation is 2. The lowest BCUT2D eigenvalue weighted by atomic mass is 9.96.